The van der Waals surface area contributed by atoms with Gasteiger partial charge in [-0.15, -0.1) is 0 Å². The molecule has 0 aliphatic carbocycles. The first-order chi connectivity index (χ1) is 36.0. The van der Waals surface area contributed by atoms with Crippen molar-refractivity contribution in [3.8, 4) is 0 Å². The SMILES string of the molecule is CC/C=C\C/C=C\C/C=C\C/C=C\CCCCCCCCCCC(=O)OCC(COC(=O)CCCCCCC/C=C\C/C=C\CCCCCC)OC(=O)CCCCCCCCC/C=C\CCCCCCCCC. The molecule has 0 N–H and O–H groups in total. The van der Waals surface area contributed by atoms with Gasteiger partial charge in [0.1, 0.15) is 13.2 Å². The quantitative estimate of drug-likeness (QED) is 0.0261. The van der Waals surface area contributed by atoms with E-state index in [9.17, 15) is 14.4 Å². The van der Waals surface area contributed by atoms with Gasteiger partial charge in [-0.1, -0.05) is 254 Å². The number of ether oxygens (including phenoxy) is 3. The van der Waals surface area contributed by atoms with E-state index in [1.54, 1.807) is 0 Å². The topological polar surface area (TPSA) is 78.9 Å². The summed E-state index contributed by atoms with van der Waals surface area (Å²) in [5, 5.41) is 0. The Morgan fingerprint density at radius 1 is 0.288 bits per heavy atom. The molecule has 0 saturated heterocycles. The Morgan fingerprint density at radius 3 is 0.863 bits per heavy atom. The van der Waals surface area contributed by atoms with Gasteiger partial charge in [-0.05, 0) is 116 Å². The molecule has 0 aromatic heterocycles. The molecule has 73 heavy (non-hydrogen) atoms. The Balaban J connectivity index is 4.41. The van der Waals surface area contributed by atoms with Crippen molar-refractivity contribution in [3.05, 3.63) is 85.1 Å². The molecule has 0 heterocycles. The Hall–Kier alpha value is -3.41. The van der Waals surface area contributed by atoms with Gasteiger partial charge < -0.3 is 14.2 Å². The average molecular weight is 1020 g/mol. The summed E-state index contributed by atoms with van der Waals surface area (Å²) in [4.78, 5) is 38.3. The van der Waals surface area contributed by atoms with E-state index >= 15 is 0 Å². The van der Waals surface area contributed by atoms with E-state index in [4.69, 9.17) is 14.2 Å². The van der Waals surface area contributed by atoms with Crippen LogP contribution in [0.2, 0.25) is 0 Å². The Kier molecular flexibility index (Phi) is 58.3. The molecule has 0 aromatic carbocycles. The minimum Gasteiger partial charge on any atom is -0.462 e. The molecule has 420 valence electrons. The Morgan fingerprint density at radius 2 is 0.534 bits per heavy atom. The second-order valence-corrected chi connectivity index (χ2v) is 20.6. The van der Waals surface area contributed by atoms with Crippen molar-refractivity contribution in [2.45, 2.75) is 309 Å². The molecule has 6 heteroatoms. The van der Waals surface area contributed by atoms with Crippen molar-refractivity contribution >= 4 is 17.9 Å². The number of allylic oxidation sites excluding steroid dienone is 14. The van der Waals surface area contributed by atoms with Crippen LogP contribution in [0.4, 0.5) is 0 Å². The molecule has 0 amide bonds. The van der Waals surface area contributed by atoms with Crippen LogP contribution >= 0.6 is 0 Å². The van der Waals surface area contributed by atoms with Gasteiger partial charge in [0.2, 0.25) is 0 Å². The lowest BCUT2D eigenvalue weighted by Gasteiger charge is -2.18. The molecule has 1 atom stereocenters. The monoisotopic (exact) mass is 1020 g/mol. The van der Waals surface area contributed by atoms with Crippen molar-refractivity contribution in [1.82, 2.24) is 0 Å². The number of hydrogen-bond donors (Lipinski definition) is 0. The van der Waals surface area contributed by atoms with E-state index in [0.717, 1.165) is 109 Å². The summed E-state index contributed by atoms with van der Waals surface area (Å²) < 4.78 is 16.9. The highest BCUT2D eigenvalue weighted by atomic mass is 16.6. The molecular formula is C67H116O6. The third-order valence-electron chi connectivity index (χ3n) is 13.4. The third-order valence-corrected chi connectivity index (χ3v) is 13.4. The number of carbonyl (C=O) groups excluding carboxylic acids is 3. The lowest BCUT2D eigenvalue weighted by Crippen LogP contribution is -2.30. The fourth-order valence-corrected chi connectivity index (χ4v) is 8.69. The van der Waals surface area contributed by atoms with Crippen molar-refractivity contribution in [2.75, 3.05) is 13.2 Å². The number of rotatable bonds is 56. The third kappa shape index (κ3) is 59.3. The molecule has 6 nitrogen and oxygen atoms in total. The van der Waals surface area contributed by atoms with Crippen LogP contribution in [-0.2, 0) is 28.6 Å². The summed E-state index contributed by atoms with van der Waals surface area (Å²) in [5.74, 6) is -0.901. The van der Waals surface area contributed by atoms with Crippen LogP contribution in [0.5, 0.6) is 0 Å². The second kappa shape index (κ2) is 61.1. The summed E-state index contributed by atoms with van der Waals surface area (Å²) in [6.07, 6.45) is 80.0. The number of unbranched alkanes of at least 4 members (excludes halogenated alkanes) is 31. The van der Waals surface area contributed by atoms with Crippen molar-refractivity contribution in [2.24, 2.45) is 0 Å². The van der Waals surface area contributed by atoms with Crippen LogP contribution < -0.4 is 0 Å². The number of esters is 3. The van der Waals surface area contributed by atoms with Gasteiger partial charge in [0.05, 0.1) is 0 Å². The molecule has 0 radical (unpaired) electrons. The zero-order chi connectivity index (χ0) is 52.9. The van der Waals surface area contributed by atoms with Crippen LogP contribution in [0.25, 0.3) is 0 Å². The van der Waals surface area contributed by atoms with E-state index in [1.165, 1.54) is 154 Å². The van der Waals surface area contributed by atoms with E-state index in [1.807, 2.05) is 0 Å². The smallest absolute Gasteiger partial charge is 0.306 e. The van der Waals surface area contributed by atoms with Crippen molar-refractivity contribution in [3.63, 3.8) is 0 Å². The van der Waals surface area contributed by atoms with Crippen LogP contribution in [0.15, 0.2) is 85.1 Å². The lowest BCUT2D eigenvalue weighted by atomic mass is 10.1. The highest BCUT2D eigenvalue weighted by molar-refractivity contribution is 5.71. The number of hydrogen-bond acceptors (Lipinski definition) is 6. The lowest BCUT2D eigenvalue weighted by molar-refractivity contribution is -0.167. The standard InChI is InChI=1S/C67H116O6/c1-4-7-10-13-16-19-22-25-28-31-33-34-35-37-39-42-45-48-51-54-57-60-66(69)72-63-64(62-71-65(68)59-56-53-50-47-44-41-38-30-27-24-21-18-15-12-9-6-3)73-67(70)61-58-55-52-49-46-43-40-36-32-29-26-23-20-17-14-11-8-5-2/h7,10,16,19,21,24-25,28-30,32-34,38,64H,4-6,8-9,11-15,17-18,20,22-23,26-27,31,35-37,39-63H2,1-3H3/b10-7-,19-16-,24-21-,28-25-,32-29-,34-33-,38-30-. The van der Waals surface area contributed by atoms with Gasteiger partial charge in [0.25, 0.3) is 0 Å². The van der Waals surface area contributed by atoms with E-state index in [0.29, 0.717) is 19.3 Å². The summed E-state index contributed by atoms with van der Waals surface area (Å²) >= 11 is 0. The minimum atomic E-state index is -0.790. The first-order valence-corrected chi connectivity index (χ1v) is 31.1. The van der Waals surface area contributed by atoms with Gasteiger partial charge in [0.15, 0.2) is 6.10 Å². The maximum atomic E-state index is 12.9. The molecule has 0 saturated carbocycles. The zero-order valence-electron chi connectivity index (χ0n) is 48.1. The summed E-state index contributed by atoms with van der Waals surface area (Å²) in [5.41, 5.74) is 0. The van der Waals surface area contributed by atoms with Gasteiger partial charge in [-0.2, -0.15) is 0 Å². The first-order valence-electron chi connectivity index (χ1n) is 31.1. The average Bonchev–Trinajstić information content (AvgIpc) is 3.39. The molecule has 0 aliphatic rings. The molecule has 0 spiro atoms. The molecule has 0 fully saturated rings. The summed E-state index contributed by atoms with van der Waals surface area (Å²) in [7, 11) is 0. The predicted molar refractivity (Wildman–Crippen MR) is 316 cm³/mol. The van der Waals surface area contributed by atoms with Gasteiger partial charge in [-0.25, -0.2) is 0 Å². The van der Waals surface area contributed by atoms with E-state index in [2.05, 4.69) is 106 Å². The molecule has 1 unspecified atom stereocenters. The fraction of sp³-hybridized carbons (Fsp3) is 0.746. The van der Waals surface area contributed by atoms with E-state index in [-0.39, 0.29) is 31.1 Å². The predicted octanol–water partition coefficient (Wildman–Crippen LogP) is 21.1. The fourth-order valence-electron chi connectivity index (χ4n) is 8.69. The molecular weight excluding hydrogens is 901 g/mol. The zero-order valence-corrected chi connectivity index (χ0v) is 48.1. The van der Waals surface area contributed by atoms with Gasteiger partial charge in [0, 0.05) is 19.3 Å². The van der Waals surface area contributed by atoms with Crippen molar-refractivity contribution in [1.29, 1.82) is 0 Å². The Labute approximate surface area is 452 Å². The van der Waals surface area contributed by atoms with Crippen LogP contribution in [0, 0.1) is 0 Å². The van der Waals surface area contributed by atoms with Crippen LogP contribution in [-0.4, -0.2) is 37.2 Å². The molecule has 0 bridgehead atoms. The maximum Gasteiger partial charge on any atom is 0.306 e. The Bertz CT molecular complexity index is 1400. The van der Waals surface area contributed by atoms with Crippen LogP contribution in [0.3, 0.4) is 0 Å². The highest BCUT2D eigenvalue weighted by Crippen LogP contribution is 2.15. The van der Waals surface area contributed by atoms with Gasteiger partial charge in [-0.3, -0.25) is 14.4 Å². The summed E-state index contributed by atoms with van der Waals surface area (Å²) in [6, 6.07) is 0. The normalized spacial score (nSPS) is 12.6. The molecule has 0 aromatic rings. The van der Waals surface area contributed by atoms with E-state index < -0.39 is 6.10 Å². The first kappa shape index (κ1) is 69.6. The molecule has 0 rings (SSSR count). The minimum absolute atomic E-state index is 0.0864. The molecule has 0 aliphatic heterocycles. The van der Waals surface area contributed by atoms with Crippen LogP contribution in [0.1, 0.15) is 303 Å². The highest BCUT2D eigenvalue weighted by Gasteiger charge is 2.19. The maximum absolute atomic E-state index is 12.9. The van der Waals surface area contributed by atoms with Gasteiger partial charge >= 0.3 is 17.9 Å². The second-order valence-electron chi connectivity index (χ2n) is 20.6. The summed E-state index contributed by atoms with van der Waals surface area (Å²) in [6.45, 7) is 6.51. The largest absolute Gasteiger partial charge is 0.462 e. The number of carbonyl (C=O) groups is 3. The van der Waals surface area contributed by atoms with Crippen molar-refractivity contribution < 1.29 is 28.6 Å².